The van der Waals surface area contributed by atoms with E-state index in [0.29, 0.717) is 5.65 Å². The molecule has 1 aromatic carbocycles. The second kappa shape index (κ2) is 8.41. The zero-order valence-corrected chi connectivity index (χ0v) is 19.2. The van der Waals surface area contributed by atoms with Gasteiger partial charge in [-0.05, 0) is 55.6 Å². The van der Waals surface area contributed by atoms with Gasteiger partial charge in [-0.15, -0.1) is 0 Å². The zero-order chi connectivity index (χ0) is 23.9. The largest absolute Gasteiger partial charge is 0.352 e. The van der Waals surface area contributed by atoms with Crippen molar-refractivity contribution in [2.75, 3.05) is 14.1 Å². The van der Waals surface area contributed by atoms with Gasteiger partial charge in [0.25, 0.3) is 0 Å². The van der Waals surface area contributed by atoms with E-state index in [1.165, 1.54) is 12.1 Å². The van der Waals surface area contributed by atoms with Gasteiger partial charge in [0.05, 0.1) is 23.1 Å². The summed E-state index contributed by atoms with van der Waals surface area (Å²) < 4.78 is 13.9. The third-order valence-corrected chi connectivity index (χ3v) is 5.99. The number of H-pyrrole nitrogens is 2. The Morgan fingerprint density at radius 2 is 1.71 bits per heavy atom. The van der Waals surface area contributed by atoms with Crippen molar-refractivity contribution in [3.05, 3.63) is 84.8 Å². The van der Waals surface area contributed by atoms with Crippen LogP contribution in [-0.4, -0.2) is 49.1 Å². The molecule has 2 N–H and O–H groups in total. The highest BCUT2D eigenvalue weighted by Crippen LogP contribution is 2.34. The van der Waals surface area contributed by atoms with Gasteiger partial charge >= 0.3 is 0 Å². The van der Waals surface area contributed by atoms with E-state index >= 15 is 0 Å². The molecule has 8 heteroatoms. The number of benzene rings is 1. The van der Waals surface area contributed by atoms with Crippen LogP contribution in [0.25, 0.3) is 55.6 Å². The summed E-state index contributed by atoms with van der Waals surface area (Å²) in [4.78, 5) is 18.9. The minimum Gasteiger partial charge on any atom is -0.352 e. The molecule has 5 aromatic heterocycles. The topological polar surface area (TPSA) is 86.4 Å². The highest BCUT2D eigenvalue weighted by molar-refractivity contribution is 6.00. The van der Waals surface area contributed by atoms with E-state index in [1.54, 1.807) is 18.5 Å². The summed E-state index contributed by atoms with van der Waals surface area (Å²) >= 11 is 0. The summed E-state index contributed by atoms with van der Waals surface area (Å²) in [5, 5.41) is 9.38. The summed E-state index contributed by atoms with van der Waals surface area (Å²) in [6.45, 7) is 0.810. The summed E-state index contributed by atoms with van der Waals surface area (Å²) in [6.07, 6.45) is 9.08. The smallest absolute Gasteiger partial charge is 0.181 e. The zero-order valence-electron chi connectivity index (χ0n) is 19.2. The molecule has 0 bridgehead atoms. The van der Waals surface area contributed by atoms with E-state index in [9.17, 15) is 4.39 Å². The minimum absolute atomic E-state index is 0.280. The van der Waals surface area contributed by atoms with Crippen LogP contribution in [0.15, 0.2) is 73.4 Å². The van der Waals surface area contributed by atoms with E-state index in [-0.39, 0.29) is 5.82 Å². The van der Waals surface area contributed by atoms with Crippen LogP contribution in [0.1, 0.15) is 5.56 Å². The minimum atomic E-state index is -0.280. The molecule has 7 nitrogen and oxygen atoms in total. The fourth-order valence-electron chi connectivity index (χ4n) is 4.43. The lowest BCUT2D eigenvalue weighted by Gasteiger charge is -2.10. The molecule has 0 atom stereocenters. The molecule has 6 aromatic rings. The Morgan fingerprint density at radius 3 is 2.57 bits per heavy atom. The molecule has 0 unspecified atom stereocenters. The predicted octanol–water partition coefficient (Wildman–Crippen LogP) is 5.43. The first-order chi connectivity index (χ1) is 17.0. The number of nitrogens with zero attached hydrogens (tertiary/aromatic N) is 5. The van der Waals surface area contributed by atoms with Gasteiger partial charge in [0, 0.05) is 58.8 Å². The Kier molecular flexibility index (Phi) is 5.08. The number of hydrogen-bond acceptors (Lipinski definition) is 5. The first-order valence-electron chi connectivity index (χ1n) is 11.2. The molecule has 0 amide bonds. The lowest BCUT2D eigenvalue weighted by molar-refractivity contribution is 0.402. The summed E-state index contributed by atoms with van der Waals surface area (Å²) in [5.74, 6) is -0.280. The van der Waals surface area contributed by atoms with E-state index in [1.807, 2.05) is 44.8 Å². The predicted molar refractivity (Wildman–Crippen MR) is 135 cm³/mol. The van der Waals surface area contributed by atoms with E-state index in [4.69, 9.17) is 0 Å². The molecule has 6 rings (SSSR count). The average molecular weight is 464 g/mol. The fraction of sp³-hybridized carbons (Fsp3) is 0.111. The maximum atomic E-state index is 13.9. The Balaban J connectivity index is 1.45. The van der Waals surface area contributed by atoms with Crippen LogP contribution in [-0.2, 0) is 6.54 Å². The van der Waals surface area contributed by atoms with Crippen molar-refractivity contribution < 1.29 is 4.39 Å². The number of pyridine rings is 3. The van der Waals surface area contributed by atoms with Gasteiger partial charge < -0.3 is 9.88 Å². The van der Waals surface area contributed by atoms with Crippen LogP contribution in [0.2, 0.25) is 0 Å². The summed E-state index contributed by atoms with van der Waals surface area (Å²) in [7, 11) is 4.07. The lowest BCUT2D eigenvalue weighted by Crippen LogP contribution is -2.10. The molecule has 0 aliphatic heterocycles. The number of hydrogen-bond donors (Lipinski definition) is 2. The average Bonchev–Trinajstić information content (AvgIpc) is 3.47. The maximum Gasteiger partial charge on any atom is 0.181 e. The molecule has 35 heavy (non-hydrogen) atoms. The van der Waals surface area contributed by atoms with Crippen molar-refractivity contribution in [2.45, 2.75) is 6.54 Å². The Bertz CT molecular complexity index is 1680. The van der Waals surface area contributed by atoms with E-state index in [0.717, 1.165) is 62.0 Å². The first kappa shape index (κ1) is 21.1. The first-order valence-corrected chi connectivity index (χ1v) is 11.2. The normalized spacial score (nSPS) is 11.7. The molecule has 0 aliphatic carbocycles. The van der Waals surface area contributed by atoms with Crippen molar-refractivity contribution >= 4 is 21.9 Å². The highest BCUT2D eigenvalue weighted by Gasteiger charge is 2.15. The molecule has 0 saturated heterocycles. The van der Waals surface area contributed by atoms with Crippen LogP contribution in [0.5, 0.6) is 0 Å². The van der Waals surface area contributed by atoms with Crippen molar-refractivity contribution in [3.63, 3.8) is 0 Å². The van der Waals surface area contributed by atoms with Crippen molar-refractivity contribution in [2.24, 2.45) is 0 Å². The number of rotatable bonds is 5. The third kappa shape index (κ3) is 3.94. The quantitative estimate of drug-likeness (QED) is 0.356. The molecule has 0 radical (unpaired) electrons. The van der Waals surface area contributed by atoms with Gasteiger partial charge in [-0.2, -0.15) is 5.10 Å². The molecule has 172 valence electrons. The maximum absolute atomic E-state index is 13.9. The fourth-order valence-corrected chi connectivity index (χ4v) is 4.43. The van der Waals surface area contributed by atoms with Crippen LogP contribution >= 0.6 is 0 Å². The Labute approximate surface area is 200 Å². The van der Waals surface area contributed by atoms with Gasteiger partial charge in [0.15, 0.2) is 5.65 Å². The number of fused-ring (bicyclic) bond motifs is 2. The second-order valence-corrected chi connectivity index (χ2v) is 8.86. The van der Waals surface area contributed by atoms with Crippen LogP contribution < -0.4 is 0 Å². The molecule has 0 fully saturated rings. The van der Waals surface area contributed by atoms with Crippen LogP contribution in [0, 0.1) is 5.82 Å². The van der Waals surface area contributed by atoms with Gasteiger partial charge in [0.2, 0.25) is 0 Å². The summed E-state index contributed by atoms with van der Waals surface area (Å²) in [6, 6.07) is 12.8. The van der Waals surface area contributed by atoms with Crippen LogP contribution in [0.4, 0.5) is 4.39 Å². The molecule has 0 aliphatic rings. The van der Waals surface area contributed by atoms with E-state index < -0.39 is 0 Å². The lowest BCUT2D eigenvalue weighted by atomic mass is 10.0. The van der Waals surface area contributed by atoms with Crippen molar-refractivity contribution in [1.29, 1.82) is 0 Å². The van der Waals surface area contributed by atoms with Crippen molar-refractivity contribution in [1.82, 2.24) is 35.0 Å². The van der Waals surface area contributed by atoms with E-state index in [2.05, 4.69) is 47.2 Å². The third-order valence-electron chi connectivity index (χ3n) is 5.99. The number of aromatic nitrogens is 6. The molecule has 5 heterocycles. The number of halogens is 1. The monoisotopic (exact) mass is 463 g/mol. The molecular weight excluding hydrogens is 441 g/mol. The Morgan fingerprint density at radius 1 is 0.857 bits per heavy atom. The second-order valence-electron chi connectivity index (χ2n) is 8.86. The Hall–Kier alpha value is -4.43. The van der Waals surface area contributed by atoms with Crippen molar-refractivity contribution in [3.8, 4) is 33.6 Å². The molecule has 0 spiro atoms. The molecule has 0 saturated carbocycles. The van der Waals surface area contributed by atoms with Gasteiger partial charge in [-0.3, -0.25) is 15.1 Å². The summed E-state index contributed by atoms with van der Waals surface area (Å²) in [5.41, 5.74) is 7.89. The van der Waals surface area contributed by atoms with Crippen LogP contribution in [0.3, 0.4) is 0 Å². The SMILES string of the molecule is CN(C)Cc1cncc(-c2cnc3n[nH]c(-c4cc5c(-c6cccc(F)c6)cncc5[nH]4)c3c2)c1. The van der Waals surface area contributed by atoms with Gasteiger partial charge in [-0.1, -0.05) is 12.1 Å². The highest BCUT2D eigenvalue weighted by atomic mass is 19.1. The number of aromatic amines is 2. The number of nitrogens with one attached hydrogen (secondary N) is 2. The molecular formula is C27H22FN7. The standard InChI is InChI=1S/C27H22FN7/c1-35(2)15-16-6-18(11-29-10-16)19-8-22-26(33-34-27(22)31-12-19)24-9-21-23(13-30-14-25(21)32-24)17-4-3-5-20(28)7-17/h3-14,32H,15H2,1-2H3,(H,31,33,34). The van der Waals surface area contributed by atoms with Gasteiger partial charge in [0.1, 0.15) is 5.82 Å². The van der Waals surface area contributed by atoms with Gasteiger partial charge in [-0.25, -0.2) is 9.37 Å².